The van der Waals surface area contributed by atoms with Crippen molar-refractivity contribution < 1.29 is 18.7 Å². The molecule has 29 heavy (non-hydrogen) atoms. The highest BCUT2D eigenvalue weighted by atomic mass is 19.1. The van der Waals surface area contributed by atoms with Gasteiger partial charge in [-0.25, -0.2) is 13.6 Å². The lowest BCUT2D eigenvalue weighted by Crippen LogP contribution is -2.29. The van der Waals surface area contributed by atoms with E-state index < -0.39 is 28.6 Å². The number of aromatic nitrogens is 1. The molecule has 0 bridgehead atoms. The third-order valence-electron chi connectivity index (χ3n) is 5.09. The molecular weight excluding hydrogens is 380 g/mol. The molecule has 2 heterocycles. The van der Waals surface area contributed by atoms with Gasteiger partial charge in [-0.2, -0.15) is 0 Å². The van der Waals surface area contributed by atoms with Crippen molar-refractivity contribution in [2.75, 3.05) is 31.1 Å². The summed E-state index contributed by atoms with van der Waals surface area (Å²) in [6.07, 6.45) is 2.05. The second kappa shape index (κ2) is 7.63. The summed E-state index contributed by atoms with van der Waals surface area (Å²) in [5.74, 6) is -2.43. The molecule has 0 saturated carbocycles. The van der Waals surface area contributed by atoms with Crippen molar-refractivity contribution in [2.24, 2.45) is 0 Å². The first-order valence-electron chi connectivity index (χ1n) is 9.29. The lowest BCUT2D eigenvalue weighted by atomic mass is 10.1. The third kappa shape index (κ3) is 3.58. The molecule has 0 amide bonds. The quantitative estimate of drug-likeness (QED) is 0.709. The molecule has 0 spiro atoms. The average molecular weight is 399 g/mol. The number of halogens is 2. The van der Waals surface area contributed by atoms with Crippen molar-refractivity contribution in [2.45, 2.75) is 6.42 Å². The van der Waals surface area contributed by atoms with Crippen LogP contribution >= 0.6 is 0 Å². The number of carboxylic acid groups (broad SMARTS) is 1. The van der Waals surface area contributed by atoms with E-state index in [1.165, 1.54) is 35.0 Å². The Morgan fingerprint density at radius 3 is 2.55 bits per heavy atom. The Kier molecular flexibility index (Phi) is 5.02. The molecule has 2 aromatic carbocycles. The van der Waals surface area contributed by atoms with E-state index in [1.54, 1.807) is 6.07 Å². The average Bonchev–Trinajstić information content (AvgIpc) is 2.98. The van der Waals surface area contributed by atoms with Gasteiger partial charge in [-0.3, -0.25) is 4.79 Å². The Morgan fingerprint density at radius 1 is 1.07 bits per heavy atom. The number of nitrogens with zero attached hydrogens (tertiary/aromatic N) is 2. The molecule has 1 saturated heterocycles. The summed E-state index contributed by atoms with van der Waals surface area (Å²) in [4.78, 5) is 26.1. The molecule has 0 aliphatic carbocycles. The number of pyridine rings is 1. The van der Waals surface area contributed by atoms with E-state index in [2.05, 4.69) is 5.32 Å². The third-order valence-corrected chi connectivity index (χ3v) is 5.09. The molecule has 1 aliphatic heterocycles. The molecule has 6 nitrogen and oxygen atoms in total. The lowest BCUT2D eigenvalue weighted by molar-refractivity contribution is 0.0695. The van der Waals surface area contributed by atoms with E-state index >= 15 is 0 Å². The van der Waals surface area contributed by atoms with Gasteiger partial charge < -0.3 is 19.9 Å². The number of nitrogens with one attached hydrogen (secondary N) is 1. The van der Waals surface area contributed by atoms with Crippen LogP contribution in [0.1, 0.15) is 16.8 Å². The van der Waals surface area contributed by atoms with Crippen LogP contribution in [0.3, 0.4) is 0 Å². The topological polar surface area (TPSA) is 74.6 Å². The number of hydrogen-bond donors (Lipinski definition) is 2. The molecule has 1 aromatic heterocycles. The van der Waals surface area contributed by atoms with Crippen LogP contribution in [0.15, 0.2) is 47.4 Å². The number of aromatic carboxylic acids is 1. The van der Waals surface area contributed by atoms with Crippen LogP contribution in [0.5, 0.6) is 0 Å². The van der Waals surface area contributed by atoms with Gasteiger partial charge in [0.25, 0.3) is 0 Å². The standard InChI is InChI=1S/C21H19F2N3O3/c22-13-2-4-14(5-3-13)26-12-16(21(28)29)20(27)15-10-17(23)19(11-18(15)26)25-8-1-6-24-7-9-25/h2-5,10-12,24H,1,6-9H2,(H,28,29). The molecule has 1 fully saturated rings. The van der Waals surface area contributed by atoms with Gasteiger partial charge in [0, 0.05) is 36.9 Å². The number of fused-ring (bicyclic) bond motifs is 1. The molecule has 0 radical (unpaired) electrons. The summed E-state index contributed by atoms with van der Waals surface area (Å²) < 4.78 is 29.8. The van der Waals surface area contributed by atoms with Crippen molar-refractivity contribution >= 4 is 22.6 Å². The van der Waals surface area contributed by atoms with E-state index in [4.69, 9.17) is 0 Å². The van der Waals surface area contributed by atoms with E-state index in [9.17, 15) is 23.5 Å². The smallest absolute Gasteiger partial charge is 0.341 e. The molecule has 4 rings (SSSR count). The second-order valence-electron chi connectivity index (χ2n) is 6.93. The van der Waals surface area contributed by atoms with Crippen LogP contribution in [-0.4, -0.2) is 41.8 Å². The minimum atomic E-state index is -1.41. The van der Waals surface area contributed by atoms with Crippen molar-refractivity contribution in [3.63, 3.8) is 0 Å². The monoisotopic (exact) mass is 399 g/mol. The van der Waals surface area contributed by atoms with Gasteiger partial charge in [0.15, 0.2) is 0 Å². The number of hydrogen-bond acceptors (Lipinski definition) is 4. The van der Waals surface area contributed by atoms with Crippen LogP contribution in [0.4, 0.5) is 14.5 Å². The molecular formula is C21H19F2N3O3. The van der Waals surface area contributed by atoms with Gasteiger partial charge in [0.05, 0.1) is 11.2 Å². The van der Waals surface area contributed by atoms with Crippen LogP contribution in [-0.2, 0) is 0 Å². The van der Waals surface area contributed by atoms with Crippen molar-refractivity contribution in [1.82, 2.24) is 9.88 Å². The number of rotatable bonds is 3. The minimum absolute atomic E-state index is 0.0385. The SMILES string of the molecule is O=C(O)c1cn(-c2ccc(F)cc2)c2cc(N3CCCNCC3)c(F)cc2c1=O. The van der Waals surface area contributed by atoms with E-state index in [-0.39, 0.29) is 5.39 Å². The van der Waals surface area contributed by atoms with E-state index in [0.29, 0.717) is 36.5 Å². The summed E-state index contributed by atoms with van der Waals surface area (Å²) in [5.41, 5.74) is -0.0597. The van der Waals surface area contributed by atoms with Crippen molar-refractivity contribution in [1.29, 1.82) is 0 Å². The summed E-state index contributed by atoms with van der Waals surface area (Å²) in [7, 11) is 0. The Labute approximate surface area is 165 Å². The largest absolute Gasteiger partial charge is 0.477 e. The van der Waals surface area contributed by atoms with Gasteiger partial charge >= 0.3 is 5.97 Å². The lowest BCUT2D eigenvalue weighted by Gasteiger charge is -2.24. The Balaban J connectivity index is 1.99. The van der Waals surface area contributed by atoms with Crippen LogP contribution in [0, 0.1) is 11.6 Å². The zero-order valence-electron chi connectivity index (χ0n) is 15.5. The molecule has 2 N–H and O–H groups in total. The maximum atomic E-state index is 14.9. The first kappa shape index (κ1) is 19.1. The van der Waals surface area contributed by atoms with Crippen molar-refractivity contribution in [3.05, 3.63) is 70.0 Å². The molecule has 150 valence electrons. The normalized spacial score (nSPS) is 14.8. The predicted octanol–water partition coefficient (Wildman–Crippen LogP) is 2.77. The number of carbonyl (C=O) groups is 1. The Hall–Kier alpha value is -3.26. The second-order valence-corrected chi connectivity index (χ2v) is 6.93. The van der Waals surface area contributed by atoms with Gasteiger partial charge in [0.1, 0.15) is 17.2 Å². The first-order chi connectivity index (χ1) is 14.0. The minimum Gasteiger partial charge on any atom is -0.477 e. The highest BCUT2D eigenvalue weighted by Crippen LogP contribution is 2.27. The van der Waals surface area contributed by atoms with E-state index in [1.807, 2.05) is 4.90 Å². The predicted molar refractivity (Wildman–Crippen MR) is 106 cm³/mol. The highest BCUT2D eigenvalue weighted by Gasteiger charge is 2.20. The van der Waals surface area contributed by atoms with Gasteiger partial charge in [-0.15, -0.1) is 0 Å². The molecule has 0 unspecified atom stereocenters. The summed E-state index contributed by atoms with van der Waals surface area (Å²) in [5, 5.41) is 12.6. The molecule has 0 atom stereocenters. The van der Waals surface area contributed by atoms with Crippen molar-refractivity contribution in [3.8, 4) is 5.69 Å². The van der Waals surface area contributed by atoms with Gasteiger partial charge in [-0.1, -0.05) is 0 Å². The fraction of sp³-hybridized carbons (Fsp3) is 0.238. The number of carboxylic acids is 1. The van der Waals surface area contributed by atoms with E-state index in [0.717, 1.165) is 19.0 Å². The fourth-order valence-corrected chi connectivity index (χ4v) is 3.63. The summed E-state index contributed by atoms with van der Waals surface area (Å²) in [6, 6.07) is 8.09. The van der Waals surface area contributed by atoms with Gasteiger partial charge in [0.2, 0.25) is 5.43 Å². The van der Waals surface area contributed by atoms with Crippen LogP contribution in [0.2, 0.25) is 0 Å². The number of benzene rings is 2. The molecule has 8 heteroatoms. The zero-order chi connectivity index (χ0) is 20.5. The van der Waals surface area contributed by atoms with Gasteiger partial charge in [-0.05, 0) is 49.4 Å². The Bertz CT molecular complexity index is 1130. The highest BCUT2D eigenvalue weighted by molar-refractivity contribution is 5.94. The van der Waals surface area contributed by atoms with Crippen LogP contribution < -0.4 is 15.6 Å². The summed E-state index contributed by atoms with van der Waals surface area (Å²) in [6.45, 7) is 2.81. The summed E-state index contributed by atoms with van der Waals surface area (Å²) >= 11 is 0. The molecule has 3 aromatic rings. The maximum absolute atomic E-state index is 14.9. The number of anilines is 1. The molecule has 1 aliphatic rings. The zero-order valence-corrected chi connectivity index (χ0v) is 15.5. The first-order valence-corrected chi connectivity index (χ1v) is 9.29. The maximum Gasteiger partial charge on any atom is 0.341 e. The van der Waals surface area contributed by atoms with Crippen LogP contribution in [0.25, 0.3) is 16.6 Å². The fourth-order valence-electron chi connectivity index (χ4n) is 3.63. The Morgan fingerprint density at radius 2 is 1.83 bits per heavy atom.